The fourth-order valence-corrected chi connectivity index (χ4v) is 3.98. The van der Waals surface area contributed by atoms with E-state index in [0.29, 0.717) is 17.1 Å². The molecule has 0 aliphatic heterocycles. The third-order valence-electron chi connectivity index (χ3n) is 5.76. The molecule has 0 aliphatic rings. The molecule has 5 aromatic rings. The van der Waals surface area contributed by atoms with Crippen LogP contribution in [0.25, 0.3) is 28.2 Å². The van der Waals surface area contributed by atoms with E-state index >= 15 is 0 Å². The van der Waals surface area contributed by atoms with E-state index in [1.54, 1.807) is 17.7 Å². The maximum absolute atomic E-state index is 13.3. The Hall–Kier alpha value is -4.45. The number of fused-ring (bicyclic) bond motifs is 1. The maximum atomic E-state index is 13.3. The molecule has 1 atom stereocenters. The second kappa shape index (κ2) is 9.19. The van der Waals surface area contributed by atoms with Gasteiger partial charge in [-0.1, -0.05) is 72.8 Å². The predicted molar refractivity (Wildman–Crippen MR) is 133 cm³/mol. The van der Waals surface area contributed by atoms with E-state index in [-0.39, 0.29) is 11.9 Å². The highest BCUT2D eigenvalue weighted by Crippen LogP contribution is 2.31. The highest BCUT2D eigenvalue weighted by atomic mass is 16.5. The molecule has 6 heteroatoms. The first-order valence-corrected chi connectivity index (χ1v) is 11.1. The zero-order valence-electron chi connectivity index (χ0n) is 19.0. The summed E-state index contributed by atoms with van der Waals surface area (Å²) in [6.45, 7) is 1.96. The summed E-state index contributed by atoms with van der Waals surface area (Å²) in [7, 11) is 1.63. The van der Waals surface area contributed by atoms with Gasteiger partial charge in [-0.2, -0.15) is 5.10 Å². The van der Waals surface area contributed by atoms with Crippen molar-refractivity contribution in [2.45, 2.75) is 13.0 Å². The van der Waals surface area contributed by atoms with Gasteiger partial charge in [0.25, 0.3) is 5.91 Å². The molecule has 0 fully saturated rings. The highest BCUT2D eigenvalue weighted by molar-refractivity contribution is 5.94. The fourth-order valence-electron chi connectivity index (χ4n) is 3.98. The van der Waals surface area contributed by atoms with Gasteiger partial charge in [-0.3, -0.25) is 4.79 Å². The van der Waals surface area contributed by atoms with Gasteiger partial charge in [0, 0.05) is 17.2 Å². The molecule has 0 aliphatic carbocycles. The molecular formula is C28H24N4O2. The van der Waals surface area contributed by atoms with Crippen molar-refractivity contribution in [3.63, 3.8) is 0 Å². The van der Waals surface area contributed by atoms with Crippen molar-refractivity contribution in [1.82, 2.24) is 19.9 Å². The summed E-state index contributed by atoms with van der Waals surface area (Å²) in [6, 6.07) is 30.9. The molecule has 0 radical (unpaired) electrons. The Morgan fingerprint density at radius 3 is 2.32 bits per heavy atom. The molecular weight excluding hydrogens is 424 g/mol. The SMILES string of the molecule is COc1ccccc1-c1cc(C(=O)N[C@@H](C)c2ccccc2)nc2cc(-c3ccccc3)nn12. The van der Waals surface area contributed by atoms with Crippen molar-refractivity contribution < 1.29 is 9.53 Å². The Morgan fingerprint density at radius 2 is 1.59 bits per heavy atom. The third kappa shape index (κ3) is 4.13. The molecule has 0 saturated heterocycles. The molecule has 2 heterocycles. The molecule has 5 rings (SSSR count). The third-order valence-corrected chi connectivity index (χ3v) is 5.76. The van der Waals surface area contributed by atoms with Crippen molar-refractivity contribution in [2.24, 2.45) is 0 Å². The number of nitrogens with zero attached hydrogens (tertiary/aromatic N) is 3. The van der Waals surface area contributed by atoms with Gasteiger partial charge in [0.05, 0.1) is 24.5 Å². The fraction of sp³-hybridized carbons (Fsp3) is 0.107. The lowest BCUT2D eigenvalue weighted by atomic mass is 10.1. The molecule has 1 N–H and O–H groups in total. The second-order valence-corrected chi connectivity index (χ2v) is 8.00. The van der Waals surface area contributed by atoms with Crippen LogP contribution in [0.3, 0.4) is 0 Å². The van der Waals surface area contributed by atoms with E-state index in [9.17, 15) is 4.79 Å². The molecule has 0 saturated carbocycles. The van der Waals surface area contributed by atoms with Gasteiger partial charge in [0.1, 0.15) is 11.4 Å². The Bertz CT molecular complexity index is 1450. The van der Waals surface area contributed by atoms with Crippen LogP contribution in [0.15, 0.2) is 97.1 Å². The van der Waals surface area contributed by atoms with Crippen molar-refractivity contribution in [1.29, 1.82) is 0 Å². The van der Waals surface area contributed by atoms with Gasteiger partial charge in [0.2, 0.25) is 0 Å². The predicted octanol–water partition coefficient (Wildman–Crippen LogP) is 5.56. The monoisotopic (exact) mass is 448 g/mol. The number of ether oxygens (including phenoxy) is 1. The van der Waals surface area contributed by atoms with Crippen LogP contribution in [0, 0.1) is 0 Å². The van der Waals surface area contributed by atoms with E-state index in [4.69, 9.17) is 9.84 Å². The lowest BCUT2D eigenvalue weighted by Crippen LogP contribution is -2.27. The topological polar surface area (TPSA) is 68.5 Å². The number of amides is 1. The number of carbonyl (C=O) groups excluding carboxylic acids is 1. The van der Waals surface area contributed by atoms with Crippen LogP contribution >= 0.6 is 0 Å². The minimum atomic E-state index is -0.252. The van der Waals surface area contributed by atoms with Gasteiger partial charge < -0.3 is 10.1 Å². The van der Waals surface area contributed by atoms with E-state index < -0.39 is 0 Å². The number of rotatable bonds is 6. The van der Waals surface area contributed by atoms with Crippen molar-refractivity contribution >= 4 is 11.6 Å². The number of para-hydroxylation sites is 1. The summed E-state index contributed by atoms with van der Waals surface area (Å²) < 4.78 is 7.36. The van der Waals surface area contributed by atoms with Crippen LogP contribution in [-0.4, -0.2) is 27.6 Å². The minimum Gasteiger partial charge on any atom is -0.496 e. The zero-order valence-corrected chi connectivity index (χ0v) is 19.0. The number of methoxy groups -OCH3 is 1. The normalized spacial score (nSPS) is 11.8. The maximum Gasteiger partial charge on any atom is 0.270 e. The lowest BCUT2D eigenvalue weighted by molar-refractivity contribution is 0.0935. The lowest BCUT2D eigenvalue weighted by Gasteiger charge is -2.15. The highest BCUT2D eigenvalue weighted by Gasteiger charge is 2.19. The Kier molecular flexibility index (Phi) is 5.79. The number of carbonyl (C=O) groups is 1. The molecule has 0 unspecified atom stereocenters. The van der Waals surface area contributed by atoms with Crippen LogP contribution in [0.5, 0.6) is 5.75 Å². The molecule has 3 aromatic carbocycles. The largest absolute Gasteiger partial charge is 0.496 e. The smallest absolute Gasteiger partial charge is 0.270 e. The minimum absolute atomic E-state index is 0.161. The average Bonchev–Trinajstić information content (AvgIpc) is 3.33. The summed E-state index contributed by atoms with van der Waals surface area (Å²) in [6.07, 6.45) is 0. The average molecular weight is 449 g/mol. The first-order chi connectivity index (χ1) is 16.6. The summed E-state index contributed by atoms with van der Waals surface area (Å²) in [5.74, 6) is 0.438. The molecule has 34 heavy (non-hydrogen) atoms. The summed E-state index contributed by atoms with van der Waals surface area (Å²) >= 11 is 0. The van der Waals surface area contributed by atoms with Gasteiger partial charge in [-0.25, -0.2) is 9.50 Å². The van der Waals surface area contributed by atoms with E-state index in [2.05, 4.69) is 10.3 Å². The standard InChI is InChI=1S/C28H24N4O2/c1-19(20-11-5-3-6-12-20)29-28(33)24-17-25(22-15-9-10-16-26(22)34-2)32-27(30-24)18-23(31-32)21-13-7-4-8-14-21/h3-19H,1-2H3,(H,29,33)/t19-/m0/s1. The van der Waals surface area contributed by atoms with Crippen LogP contribution in [-0.2, 0) is 0 Å². The van der Waals surface area contributed by atoms with Crippen molar-refractivity contribution in [3.8, 4) is 28.3 Å². The Labute approximate surface area is 197 Å². The van der Waals surface area contributed by atoms with E-state index in [1.807, 2.05) is 97.9 Å². The first kappa shape index (κ1) is 21.4. The van der Waals surface area contributed by atoms with E-state index in [1.165, 1.54) is 0 Å². The second-order valence-electron chi connectivity index (χ2n) is 8.00. The van der Waals surface area contributed by atoms with Crippen LogP contribution < -0.4 is 10.1 Å². The zero-order chi connectivity index (χ0) is 23.5. The molecule has 168 valence electrons. The van der Waals surface area contributed by atoms with Crippen molar-refractivity contribution in [2.75, 3.05) is 7.11 Å². The first-order valence-electron chi connectivity index (χ1n) is 11.1. The molecule has 2 aromatic heterocycles. The number of hydrogen-bond donors (Lipinski definition) is 1. The summed E-state index contributed by atoms with van der Waals surface area (Å²) in [5, 5.41) is 7.87. The number of nitrogens with one attached hydrogen (secondary N) is 1. The molecule has 1 amide bonds. The van der Waals surface area contributed by atoms with E-state index in [0.717, 1.165) is 28.1 Å². The molecule has 0 spiro atoms. The molecule has 6 nitrogen and oxygen atoms in total. The Balaban J connectivity index is 1.62. The van der Waals surface area contributed by atoms with Crippen molar-refractivity contribution in [3.05, 3.63) is 108 Å². The van der Waals surface area contributed by atoms with Crippen LogP contribution in [0.1, 0.15) is 29.0 Å². The summed E-state index contributed by atoms with van der Waals surface area (Å²) in [5.41, 5.74) is 5.22. The number of benzene rings is 3. The van der Waals surface area contributed by atoms with Gasteiger partial charge in [-0.05, 0) is 30.7 Å². The van der Waals surface area contributed by atoms with Crippen LogP contribution in [0.2, 0.25) is 0 Å². The quantitative estimate of drug-likeness (QED) is 0.369. The number of hydrogen-bond acceptors (Lipinski definition) is 4. The number of aromatic nitrogens is 3. The van der Waals surface area contributed by atoms with Crippen LogP contribution in [0.4, 0.5) is 0 Å². The van der Waals surface area contributed by atoms with Gasteiger partial charge in [0.15, 0.2) is 5.65 Å². The molecule has 0 bridgehead atoms. The Morgan fingerprint density at radius 1 is 0.912 bits per heavy atom. The summed E-state index contributed by atoms with van der Waals surface area (Å²) in [4.78, 5) is 17.9. The van der Waals surface area contributed by atoms with Gasteiger partial charge >= 0.3 is 0 Å². The van der Waals surface area contributed by atoms with Gasteiger partial charge in [-0.15, -0.1) is 0 Å².